The molecule has 0 radical (unpaired) electrons. The fraction of sp³-hybridized carbons (Fsp3) is 0.714. The molecule has 1 aromatic rings. The summed E-state index contributed by atoms with van der Waals surface area (Å²) in [5, 5.41) is 3.39. The Morgan fingerprint density at radius 1 is 1.40 bits per heavy atom. The minimum absolute atomic E-state index is 0.173. The van der Waals surface area contributed by atoms with E-state index >= 15 is 0 Å². The summed E-state index contributed by atoms with van der Waals surface area (Å²) in [4.78, 5) is 8.85. The van der Waals surface area contributed by atoms with Crippen LogP contribution in [0.2, 0.25) is 0 Å². The molecule has 2 heterocycles. The molecule has 0 unspecified atom stereocenters. The number of ether oxygens (including phenoxy) is 2. The highest BCUT2D eigenvalue weighted by atomic mass is 16.5. The summed E-state index contributed by atoms with van der Waals surface area (Å²) < 4.78 is 11.0. The molecule has 0 bridgehead atoms. The summed E-state index contributed by atoms with van der Waals surface area (Å²) in [6.45, 7) is 6.64. The molecule has 0 atom stereocenters. The predicted octanol–water partition coefficient (Wildman–Crippen LogP) is 1.49. The molecule has 1 fully saturated rings. The number of hydrogen-bond donors (Lipinski definition) is 2. The summed E-state index contributed by atoms with van der Waals surface area (Å²) in [6, 6.07) is 1.85. The van der Waals surface area contributed by atoms with Crippen molar-refractivity contribution in [3.63, 3.8) is 0 Å². The van der Waals surface area contributed by atoms with Crippen LogP contribution in [0.25, 0.3) is 0 Å². The van der Waals surface area contributed by atoms with Gasteiger partial charge in [-0.3, -0.25) is 0 Å². The Hall–Kier alpha value is -1.40. The van der Waals surface area contributed by atoms with Crippen molar-refractivity contribution in [1.82, 2.24) is 9.97 Å². The minimum atomic E-state index is -0.173. The maximum absolute atomic E-state index is 5.94. The number of rotatable bonds is 6. The van der Waals surface area contributed by atoms with Crippen molar-refractivity contribution in [3.8, 4) is 5.88 Å². The summed E-state index contributed by atoms with van der Waals surface area (Å²) in [7, 11) is 0. The molecule has 2 rings (SSSR count). The van der Waals surface area contributed by atoms with E-state index in [0.29, 0.717) is 25.0 Å². The topological polar surface area (TPSA) is 82.3 Å². The molecule has 0 aromatic carbocycles. The first-order valence-electron chi connectivity index (χ1n) is 7.22. The molecule has 6 nitrogen and oxygen atoms in total. The first-order valence-corrected chi connectivity index (χ1v) is 7.22. The van der Waals surface area contributed by atoms with Crippen molar-refractivity contribution < 1.29 is 9.47 Å². The second-order valence-corrected chi connectivity index (χ2v) is 5.24. The highest BCUT2D eigenvalue weighted by molar-refractivity contribution is 5.34. The van der Waals surface area contributed by atoms with Crippen LogP contribution in [0, 0.1) is 6.92 Å². The normalized spacial score (nSPS) is 17.8. The number of nitrogens with two attached hydrogens (primary N) is 1. The quantitative estimate of drug-likeness (QED) is 0.821. The fourth-order valence-corrected chi connectivity index (χ4v) is 2.26. The Labute approximate surface area is 120 Å². The summed E-state index contributed by atoms with van der Waals surface area (Å²) in [6.07, 6.45) is 2.69. The van der Waals surface area contributed by atoms with Crippen molar-refractivity contribution in [3.05, 3.63) is 11.8 Å². The lowest BCUT2D eigenvalue weighted by atomic mass is 9.90. The first-order chi connectivity index (χ1) is 9.67. The van der Waals surface area contributed by atoms with E-state index in [1.54, 1.807) is 0 Å². The molecule has 3 N–H and O–H groups in total. The Morgan fingerprint density at radius 3 is 2.80 bits per heavy atom. The average Bonchev–Trinajstić information content (AvgIpc) is 2.45. The standard InChI is InChI=1S/C14H24N4O2/c1-3-6-20-12-9-11(2)16-13(17-12)18-14(10-15)4-7-19-8-5-14/h9H,3-8,10,15H2,1-2H3,(H,16,17,18). The van der Waals surface area contributed by atoms with Crippen LogP contribution in [-0.4, -0.2) is 41.9 Å². The number of nitrogens with zero attached hydrogens (tertiary/aromatic N) is 2. The van der Waals surface area contributed by atoms with Crippen LogP contribution >= 0.6 is 0 Å². The third-order valence-corrected chi connectivity index (χ3v) is 3.50. The van der Waals surface area contributed by atoms with E-state index in [2.05, 4.69) is 22.2 Å². The zero-order valence-electron chi connectivity index (χ0n) is 12.3. The molecular weight excluding hydrogens is 256 g/mol. The van der Waals surface area contributed by atoms with E-state index in [4.69, 9.17) is 15.2 Å². The third-order valence-electron chi connectivity index (χ3n) is 3.50. The van der Waals surface area contributed by atoms with Gasteiger partial charge in [-0.1, -0.05) is 6.92 Å². The zero-order valence-corrected chi connectivity index (χ0v) is 12.3. The van der Waals surface area contributed by atoms with Crippen molar-refractivity contribution in [2.24, 2.45) is 5.73 Å². The molecular formula is C14H24N4O2. The van der Waals surface area contributed by atoms with Gasteiger partial charge in [0.1, 0.15) is 0 Å². The fourth-order valence-electron chi connectivity index (χ4n) is 2.26. The molecule has 0 aliphatic carbocycles. The van der Waals surface area contributed by atoms with Crippen LogP contribution in [0.1, 0.15) is 31.9 Å². The molecule has 0 saturated carbocycles. The van der Waals surface area contributed by atoms with E-state index in [1.165, 1.54) is 0 Å². The number of anilines is 1. The zero-order chi connectivity index (χ0) is 14.4. The molecule has 112 valence electrons. The Balaban J connectivity index is 2.12. The summed E-state index contributed by atoms with van der Waals surface area (Å²) in [5.41, 5.74) is 6.65. The molecule has 1 aliphatic rings. The smallest absolute Gasteiger partial charge is 0.226 e. The van der Waals surface area contributed by atoms with E-state index in [0.717, 1.165) is 38.2 Å². The SMILES string of the molecule is CCCOc1cc(C)nc(NC2(CN)CCOCC2)n1. The second-order valence-electron chi connectivity index (χ2n) is 5.24. The van der Waals surface area contributed by atoms with Crippen LogP contribution in [0.3, 0.4) is 0 Å². The molecule has 6 heteroatoms. The monoisotopic (exact) mass is 280 g/mol. The summed E-state index contributed by atoms with van der Waals surface area (Å²) in [5.74, 6) is 1.20. The maximum atomic E-state index is 5.94. The van der Waals surface area contributed by atoms with Gasteiger partial charge in [0, 0.05) is 31.5 Å². The molecule has 0 spiro atoms. The van der Waals surface area contributed by atoms with Crippen LogP contribution in [0.4, 0.5) is 5.95 Å². The lowest BCUT2D eigenvalue weighted by Gasteiger charge is -2.36. The number of nitrogens with one attached hydrogen (secondary N) is 1. The predicted molar refractivity (Wildman–Crippen MR) is 78.0 cm³/mol. The van der Waals surface area contributed by atoms with Crippen molar-refractivity contribution in [2.45, 2.75) is 38.6 Å². The van der Waals surface area contributed by atoms with Crippen LogP contribution in [0.5, 0.6) is 5.88 Å². The van der Waals surface area contributed by atoms with Gasteiger partial charge in [0.2, 0.25) is 11.8 Å². The molecule has 1 saturated heterocycles. The number of hydrogen-bond acceptors (Lipinski definition) is 6. The van der Waals surface area contributed by atoms with Gasteiger partial charge in [0.15, 0.2) is 0 Å². The Kier molecular flexibility index (Phi) is 5.14. The largest absolute Gasteiger partial charge is 0.478 e. The maximum Gasteiger partial charge on any atom is 0.226 e. The molecule has 1 aliphatic heterocycles. The van der Waals surface area contributed by atoms with Crippen LogP contribution < -0.4 is 15.8 Å². The molecule has 20 heavy (non-hydrogen) atoms. The van der Waals surface area contributed by atoms with Crippen LogP contribution in [-0.2, 0) is 4.74 Å². The van der Waals surface area contributed by atoms with Gasteiger partial charge >= 0.3 is 0 Å². The van der Waals surface area contributed by atoms with E-state index in [1.807, 2.05) is 13.0 Å². The van der Waals surface area contributed by atoms with Gasteiger partial charge in [-0.25, -0.2) is 4.98 Å². The van der Waals surface area contributed by atoms with Gasteiger partial charge in [-0.2, -0.15) is 4.98 Å². The van der Waals surface area contributed by atoms with Crippen molar-refractivity contribution in [2.75, 3.05) is 31.7 Å². The Bertz CT molecular complexity index is 433. The summed E-state index contributed by atoms with van der Waals surface area (Å²) >= 11 is 0. The molecule has 0 amide bonds. The Morgan fingerprint density at radius 2 is 2.15 bits per heavy atom. The number of aryl methyl sites for hydroxylation is 1. The average molecular weight is 280 g/mol. The van der Waals surface area contributed by atoms with Gasteiger partial charge in [0.05, 0.1) is 12.1 Å². The van der Waals surface area contributed by atoms with E-state index < -0.39 is 0 Å². The molecule has 1 aromatic heterocycles. The third kappa shape index (κ3) is 3.80. The van der Waals surface area contributed by atoms with Crippen molar-refractivity contribution >= 4 is 5.95 Å². The second kappa shape index (κ2) is 6.85. The highest BCUT2D eigenvalue weighted by Gasteiger charge is 2.32. The lowest BCUT2D eigenvalue weighted by molar-refractivity contribution is 0.0625. The van der Waals surface area contributed by atoms with E-state index in [9.17, 15) is 0 Å². The van der Waals surface area contributed by atoms with Crippen molar-refractivity contribution in [1.29, 1.82) is 0 Å². The lowest BCUT2D eigenvalue weighted by Crippen LogP contribution is -2.50. The first kappa shape index (κ1) is 15.0. The highest BCUT2D eigenvalue weighted by Crippen LogP contribution is 2.24. The van der Waals surface area contributed by atoms with Gasteiger partial charge in [0.25, 0.3) is 0 Å². The number of aromatic nitrogens is 2. The minimum Gasteiger partial charge on any atom is -0.478 e. The van der Waals surface area contributed by atoms with Gasteiger partial charge < -0.3 is 20.5 Å². The van der Waals surface area contributed by atoms with Crippen LogP contribution in [0.15, 0.2) is 6.07 Å². The van der Waals surface area contributed by atoms with E-state index in [-0.39, 0.29) is 5.54 Å². The van der Waals surface area contributed by atoms with Gasteiger partial charge in [-0.15, -0.1) is 0 Å². The van der Waals surface area contributed by atoms with Gasteiger partial charge in [-0.05, 0) is 26.2 Å².